The van der Waals surface area contributed by atoms with E-state index in [1.165, 1.54) is 0 Å². The molecule has 0 aliphatic carbocycles. The summed E-state index contributed by atoms with van der Waals surface area (Å²) in [6.45, 7) is 2.54. The second-order valence-electron chi connectivity index (χ2n) is 4.97. The van der Waals surface area contributed by atoms with Crippen molar-refractivity contribution in [1.82, 2.24) is 4.90 Å². The van der Waals surface area contributed by atoms with Crippen LogP contribution in [0.4, 0.5) is 5.69 Å². The van der Waals surface area contributed by atoms with Crippen molar-refractivity contribution < 1.29 is 4.79 Å². The maximum absolute atomic E-state index is 12.6. The standard InChI is InChI=1S/C15H16N4O/c1-11-10-19(13-6-4-3-5-12(13)9-17)15(20)14(7-8-16)18(11)2/h3-6,11,14H,7,10H2,1-2H3. The second kappa shape index (κ2) is 5.73. The lowest BCUT2D eigenvalue weighted by Crippen LogP contribution is -2.59. The molecule has 20 heavy (non-hydrogen) atoms. The Labute approximate surface area is 118 Å². The molecule has 1 saturated heterocycles. The first-order chi connectivity index (χ1) is 9.60. The number of anilines is 1. The Morgan fingerprint density at radius 2 is 2.05 bits per heavy atom. The van der Waals surface area contributed by atoms with Crippen molar-refractivity contribution in [3.8, 4) is 12.1 Å². The fourth-order valence-corrected chi connectivity index (χ4v) is 2.48. The number of hydrogen-bond donors (Lipinski definition) is 0. The van der Waals surface area contributed by atoms with Gasteiger partial charge < -0.3 is 4.90 Å². The first kappa shape index (κ1) is 14.0. The summed E-state index contributed by atoms with van der Waals surface area (Å²) >= 11 is 0. The second-order valence-corrected chi connectivity index (χ2v) is 4.97. The number of nitrogens with zero attached hydrogens (tertiary/aromatic N) is 4. The summed E-state index contributed by atoms with van der Waals surface area (Å²) in [5.74, 6) is -0.116. The van der Waals surface area contributed by atoms with Gasteiger partial charge in [0.2, 0.25) is 5.91 Å². The number of benzene rings is 1. The van der Waals surface area contributed by atoms with E-state index in [0.717, 1.165) is 0 Å². The average Bonchev–Trinajstić information content (AvgIpc) is 2.47. The van der Waals surface area contributed by atoms with Gasteiger partial charge >= 0.3 is 0 Å². The highest BCUT2D eigenvalue weighted by atomic mass is 16.2. The van der Waals surface area contributed by atoms with Gasteiger partial charge in [-0.05, 0) is 26.1 Å². The lowest BCUT2D eigenvalue weighted by Gasteiger charge is -2.42. The molecule has 1 aromatic carbocycles. The van der Waals surface area contributed by atoms with E-state index in [0.29, 0.717) is 17.8 Å². The quantitative estimate of drug-likeness (QED) is 0.815. The zero-order valence-corrected chi connectivity index (χ0v) is 11.6. The Kier molecular flexibility index (Phi) is 4.02. The largest absolute Gasteiger partial charge is 0.308 e. The van der Waals surface area contributed by atoms with Crippen LogP contribution in [0.15, 0.2) is 24.3 Å². The van der Waals surface area contributed by atoms with Crippen molar-refractivity contribution >= 4 is 11.6 Å². The van der Waals surface area contributed by atoms with Crippen LogP contribution in [0.2, 0.25) is 0 Å². The molecule has 2 rings (SSSR count). The fourth-order valence-electron chi connectivity index (χ4n) is 2.48. The third kappa shape index (κ3) is 2.36. The number of piperazine rings is 1. The van der Waals surface area contributed by atoms with Crippen LogP contribution >= 0.6 is 0 Å². The van der Waals surface area contributed by atoms with Gasteiger partial charge in [-0.15, -0.1) is 0 Å². The smallest absolute Gasteiger partial charge is 0.245 e. The first-order valence-corrected chi connectivity index (χ1v) is 6.49. The summed E-state index contributed by atoms with van der Waals surface area (Å²) in [7, 11) is 1.86. The highest BCUT2D eigenvalue weighted by Gasteiger charge is 2.37. The molecule has 102 valence electrons. The minimum Gasteiger partial charge on any atom is -0.308 e. The molecule has 1 fully saturated rings. The Balaban J connectivity index is 2.40. The Morgan fingerprint density at radius 1 is 1.35 bits per heavy atom. The highest BCUT2D eigenvalue weighted by molar-refractivity contribution is 5.99. The molecule has 0 spiro atoms. The Morgan fingerprint density at radius 3 is 2.70 bits per heavy atom. The van der Waals surface area contributed by atoms with Crippen molar-refractivity contribution in [2.45, 2.75) is 25.4 Å². The van der Waals surface area contributed by atoms with Gasteiger partial charge in [0.1, 0.15) is 12.1 Å². The van der Waals surface area contributed by atoms with Crippen LogP contribution in [-0.4, -0.2) is 36.5 Å². The topological polar surface area (TPSA) is 71.1 Å². The third-order valence-electron chi connectivity index (χ3n) is 3.78. The van der Waals surface area contributed by atoms with Crippen molar-refractivity contribution in [2.24, 2.45) is 0 Å². The summed E-state index contributed by atoms with van der Waals surface area (Å²) in [5.41, 5.74) is 1.11. The summed E-state index contributed by atoms with van der Waals surface area (Å²) in [6.07, 6.45) is 0.158. The van der Waals surface area contributed by atoms with Crippen LogP contribution in [-0.2, 0) is 4.79 Å². The number of para-hydroxylation sites is 1. The van der Waals surface area contributed by atoms with Crippen LogP contribution in [0.25, 0.3) is 0 Å². The molecule has 0 radical (unpaired) electrons. The maximum atomic E-state index is 12.6. The maximum Gasteiger partial charge on any atom is 0.245 e. The zero-order chi connectivity index (χ0) is 14.7. The molecular formula is C15H16N4O. The normalized spacial score (nSPS) is 23.2. The molecule has 0 saturated carbocycles. The van der Waals surface area contributed by atoms with Crippen LogP contribution in [0.3, 0.4) is 0 Å². The molecular weight excluding hydrogens is 252 g/mol. The van der Waals surface area contributed by atoms with Gasteiger partial charge in [-0.2, -0.15) is 10.5 Å². The fraction of sp³-hybridized carbons (Fsp3) is 0.400. The number of hydrogen-bond acceptors (Lipinski definition) is 4. The zero-order valence-electron chi connectivity index (χ0n) is 11.6. The molecule has 1 heterocycles. The van der Waals surface area contributed by atoms with Crippen molar-refractivity contribution in [3.05, 3.63) is 29.8 Å². The van der Waals surface area contributed by atoms with Crippen LogP contribution in [0.1, 0.15) is 18.9 Å². The lowest BCUT2D eigenvalue weighted by molar-refractivity contribution is -0.126. The minimum absolute atomic E-state index is 0.116. The van der Waals surface area contributed by atoms with E-state index < -0.39 is 6.04 Å². The minimum atomic E-state index is -0.449. The van der Waals surface area contributed by atoms with Gasteiger partial charge in [-0.1, -0.05) is 12.1 Å². The molecule has 1 amide bonds. The first-order valence-electron chi connectivity index (χ1n) is 6.49. The predicted molar refractivity (Wildman–Crippen MR) is 74.8 cm³/mol. The van der Waals surface area contributed by atoms with E-state index in [9.17, 15) is 10.1 Å². The molecule has 5 nitrogen and oxygen atoms in total. The predicted octanol–water partition coefficient (Wildman–Crippen LogP) is 1.51. The summed E-state index contributed by atoms with van der Waals surface area (Å²) in [6, 6.07) is 10.9. The van der Waals surface area contributed by atoms with Crippen molar-refractivity contribution in [3.63, 3.8) is 0 Å². The Hall–Kier alpha value is -2.37. The van der Waals surface area contributed by atoms with E-state index in [4.69, 9.17) is 5.26 Å². The Bertz CT molecular complexity index is 599. The molecule has 0 bridgehead atoms. The molecule has 0 aromatic heterocycles. The SMILES string of the molecule is CC1CN(c2ccccc2C#N)C(=O)C(CC#N)N1C. The number of amides is 1. The van der Waals surface area contributed by atoms with E-state index in [1.807, 2.05) is 24.9 Å². The van der Waals surface area contributed by atoms with Gasteiger partial charge in [-0.25, -0.2) is 0 Å². The van der Waals surface area contributed by atoms with E-state index >= 15 is 0 Å². The molecule has 0 N–H and O–H groups in total. The summed E-state index contributed by atoms with van der Waals surface area (Å²) < 4.78 is 0. The van der Waals surface area contributed by atoms with Crippen LogP contribution in [0.5, 0.6) is 0 Å². The van der Waals surface area contributed by atoms with Crippen molar-refractivity contribution in [2.75, 3.05) is 18.5 Å². The molecule has 1 aliphatic rings. The van der Waals surface area contributed by atoms with Crippen LogP contribution in [0, 0.1) is 22.7 Å². The van der Waals surface area contributed by atoms with Gasteiger partial charge in [0.15, 0.2) is 0 Å². The molecule has 5 heteroatoms. The van der Waals surface area contributed by atoms with E-state index in [2.05, 4.69) is 12.1 Å². The number of carbonyl (C=O) groups excluding carboxylic acids is 1. The molecule has 2 unspecified atom stereocenters. The van der Waals surface area contributed by atoms with Gasteiger partial charge in [0.25, 0.3) is 0 Å². The molecule has 1 aliphatic heterocycles. The number of likely N-dealkylation sites (N-methyl/N-ethyl adjacent to an activating group) is 1. The van der Waals surface area contributed by atoms with Gasteiger partial charge in [-0.3, -0.25) is 9.69 Å². The number of rotatable bonds is 2. The number of carbonyl (C=O) groups is 1. The average molecular weight is 268 g/mol. The van der Waals surface area contributed by atoms with Gasteiger partial charge in [0, 0.05) is 12.6 Å². The lowest BCUT2D eigenvalue weighted by atomic mass is 10.0. The van der Waals surface area contributed by atoms with Crippen molar-refractivity contribution in [1.29, 1.82) is 10.5 Å². The third-order valence-corrected chi connectivity index (χ3v) is 3.78. The van der Waals surface area contributed by atoms with E-state index in [-0.39, 0.29) is 18.4 Å². The summed E-state index contributed by atoms with van der Waals surface area (Å²) in [4.78, 5) is 16.1. The highest BCUT2D eigenvalue weighted by Crippen LogP contribution is 2.26. The monoisotopic (exact) mass is 268 g/mol. The van der Waals surface area contributed by atoms with Crippen LogP contribution < -0.4 is 4.90 Å². The van der Waals surface area contributed by atoms with Gasteiger partial charge in [0.05, 0.1) is 23.7 Å². The number of nitriles is 2. The van der Waals surface area contributed by atoms with E-state index in [1.54, 1.807) is 23.1 Å². The molecule has 2 atom stereocenters. The summed E-state index contributed by atoms with van der Waals surface area (Å²) in [5, 5.41) is 18.1. The molecule has 1 aromatic rings.